The van der Waals surface area contributed by atoms with Gasteiger partial charge in [0.05, 0.1) is 6.04 Å². The van der Waals surface area contributed by atoms with Crippen LogP contribution in [0, 0.1) is 13.8 Å². The Hall–Kier alpha value is -0.930. The van der Waals surface area contributed by atoms with Crippen LogP contribution < -0.4 is 5.32 Å². The van der Waals surface area contributed by atoms with Crippen molar-refractivity contribution < 1.29 is 4.39 Å². The zero-order valence-corrected chi connectivity index (χ0v) is 10.7. The number of hydrogen-bond acceptors (Lipinski definition) is 2. The van der Waals surface area contributed by atoms with E-state index in [-0.39, 0.29) is 12.7 Å². The summed E-state index contributed by atoms with van der Waals surface area (Å²) in [5, 5.41) is 3.31. The van der Waals surface area contributed by atoms with Gasteiger partial charge >= 0.3 is 0 Å². The van der Waals surface area contributed by atoms with Crippen LogP contribution in [0.5, 0.6) is 0 Å². The Morgan fingerprint density at radius 1 is 1.29 bits per heavy atom. The maximum Gasteiger partial charge on any atom is 0.109 e. The summed E-state index contributed by atoms with van der Waals surface area (Å²) in [4.78, 5) is 2.25. The van der Waals surface area contributed by atoms with Crippen molar-refractivity contribution in [3.8, 4) is 0 Å². The van der Waals surface area contributed by atoms with E-state index in [1.165, 1.54) is 11.1 Å². The minimum absolute atomic E-state index is 0.0722. The highest BCUT2D eigenvalue weighted by molar-refractivity contribution is 5.35. The van der Waals surface area contributed by atoms with Crippen molar-refractivity contribution >= 4 is 0 Å². The third-order valence-corrected chi connectivity index (χ3v) is 3.74. The number of halogens is 1. The van der Waals surface area contributed by atoms with E-state index >= 15 is 0 Å². The second-order valence-electron chi connectivity index (χ2n) is 4.75. The van der Waals surface area contributed by atoms with E-state index < -0.39 is 0 Å². The lowest BCUT2D eigenvalue weighted by atomic mass is 9.97. The van der Waals surface area contributed by atoms with E-state index in [2.05, 4.69) is 36.2 Å². The number of aryl methyl sites for hydroxylation is 1. The third kappa shape index (κ3) is 2.67. The highest BCUT2D eigenvalue weighted by atomic mass is 19.1. The van der Waals surface area contributed by atoms with Crippen LogP contribution in [0.1, 0.15) is 22.7 Å². The molecule has 1 fully saturated rings. The number of benzene rings is 1. The van der Waals surface area contributed by atoms with Crippen LogP contribution in [0.3, 0.4) is 0 Å². The predicted molar refractivity (Wildman–Crippen MR) is 69.1 cm³/mol. The SMILES string of the molecule is Cc1cccc([C@H](CF)N2CCNCC2)c1C. The van der Waals surface area contributed by atoms with Gasteiger partial charge in [0, 0.05) is 26.2 Å². The maximum atomic E-state index is 13.4. The molecule has 0 aliphatic carbocycles. The molecule has 1 aliphatic heterocycles. The Morgan fingerprint density at radius 3 is 2.65 bits per heavy atom. The first-order chi connectivity index (χ1) is 8.24. The molecular weight excluding hydrogens is 215 g/mol. The molecule has 1 aromatic carbocycles. The molecule has 0 unspecified atom stereocenters. The molecule has 1 saturated heterocycles. The fraction of sp³-hybridized carbons (Fsp3) is 0.571. The van der Waals surface area contributed by atoms with Gasteiger partial charge < -0.3 is 5.32 Å². The molecular formula is C14H21FN2. The summed E-state index contributed by atoms with van der Waals surface area (Å²) in [7, 11) is 0. The Balaban J connectivity index is 2.24. The van der Waals surface area contributed by atoms with Crippen LogP contribution in [-0.4, -0.2) is 37.8 Å². The summed E-state index contributed by atoms with van der Waals surface area (Å²) in [6, 6.07) is 6.11. The average molecular weight is 236 g/mol. The zero-order valence-electron chi connectivity index (χ0n) is 10.7. The number of nitrogens with zero attached hydrogens (tertiary/aromatic N) is 1. The van der Waals surface area contributed by atoms with Crippen molar-refractivity contribution in [2.45, 2.75) is 19.9 Å². The summed E-state index contributed by atoms with van der Waals surface area (Å²) in [6.07, 6.45) is 0. The van der Waals surface area contributed by atoms with Crippen LogP contribution >= 0.6 is 0 Å². The van der Waals surface area contributed by atoms with Gasteiger partial charge in [-0.25, -0.2) is 4.39 Å². The van der Waals surface area contributed by atoms with Crippen molar-refractivity contribution in [3.63, 3.8) is 0 Å². The van der Waals surface area contributed by atoms with Gasteiger partial charge in [0.1, 0.15) is 6.67 Å². The fourth-order valence-corrected chi connectivity index (χ4v) is 2.51. The molecule has 2 nitrogen and oxygen atoms in total. The van der Waals surface area contributed by atoms with Crippen LogP contribution in [0.25, 0.3) is 0 Å². The van der Waals surface area contributed by atoms with Crippen LogP contribution in [0.4, 0.5) is 4.39 Å². The molecule has 1 aliphatic rings. The first-order valence-corrected chi connectivity index (χ1v) is 6.31. The molecule has 0 bridgehead atoms. The van der Waals surface area contributed by atoms with Gasteiger partial charge in [0.25, 0.3) is 0 Å². The second-order valence-corrected chi connectivity index (χ2v) is 4.75. The lowest BCUT2D eigenvalue weighted by molar-refractivity contribution is 0.147. The molecule has 2 rings (SSSR count). The quantitative estimate of drug-likeness (QED) is 0.865. The summed E-state index contributed by atoms with van der Waals surface area (Å²) >= 11 is 0. The van der Waals surface area contributed by atoms with E-state index in [1.54, 1.807) is 0 Å². The van der Waals surface area contributed by atoms with Crippen molar-refractivity contribution in [3.05, 3.63) is 34.9 Å². The highest BCUT2D eigenvalue weighted by Gasteiger charge is 2.23. The van der Waals surface area contributed by atoms with Crippen LogP contribution in [-0.2, 0) is 0 Å². The highest BCUT2D eigenvalue weighted by Crippen LogP contribution is 2.26. The van der Waals surface area contributed by atoms with Gasteiger partial charge in [-0.2, -0.15) is 0 Å². The van der Waals surface area contributed by atoms with Gasteiger partial charge in [-0.05, 0) is 30.5 Å². The molecule has 0 saturated carbocycles. The van der Waals surface area contributed by atoms with Crippen molar-refractivity contribution in [2.24, 2.45) is 0 Å². The minimum atomic E-state index is -0.301. The van der Waals surface area contributed by atoms with E-state index in [4.69, 9.17) is 0 Å². The van der Waals surface area contributed by atoms with Crippen molar-refractivity contribution in [1.29, 1.82) is 0 Å². The van der Waals surface area contributed by atoms with Crippen molar-refractivity contribution in [2.75, 3.05) is 32.9 Å². The molecule has 94 valence electrons. The first kappa shape index (κ1) is 12.5. The molecule has 0 aromatic heterocycles. The number of piperazine rings is 1. The molecule has 1 N–H and O–H groups in total. The smallest absolute Gasteiger partial charge is 0.109 e. The van der Waals surface area contributed by atoms with E-state index in [0.29, 0.717) is 0 Å². The standard InChI is InChI=1S/C14H21FN2/c1-11-4-3-5-13(12(11)2)14(10-15)17-8-6-16-7-9-17/h3-5,14,16H,6-10H2,1-2H3/t14-/m0/s1. The molecule has 1 atom stereocenters. The molecule has 0 spiro atoms. The Bertz CT molecular complexity index is 372. The van der Waals surface area contributed by atoms with E-state index in [9.17, 15) is 4.39 Å². The first-order valence-electron chi connectivity index (χ1n) is 6.31. The number of rotatable bonds is 3. The largest absolute Gasteiger partial charge is 0.314 e. The number of nitrogens with one attached hydrogen (secondary N) is 1. The lowest BCUT2D eigenvalue weighted by Gasteiger charge is -2.34. The van der Waals surface area contributed by atoms with Gasteiger partial charge in [0.2, 0.25) is 0 Å². The summed E-state index contributed by atoms with van der Waals surface area (Å²) < 4.78 is 13.4. The van der Waals surface area contributed by atoms with Gasteiger partial charge in [-0.3, -0.25) is 4.90 Å². The zero-order chi connectivity index (χ0) is 12.3. The molecule has 1 heterocycles. The van der Waals surface area contributed by atoms with Gasteiger partial charge in [-0.1, -0.05) is 18.2 Å². The lowest BCUT2D eigenvalue weighted by Crippen LogP contribution is -2.45. The monoisotopic (exact) mass is 236 g/mol. The van der Waals surface area contributed by atoms with Crippen molar-refractivity contribution in [1.82, 2.24) is 10.2 Å². The summed E-state index contributed by atoms with van der Waals surface area (Å²) in [5.41, 5.74) is 3.62. The maximum absolute atomic E-state index is 13.4. The second kappa shape index (κ2) is 5.61. The molecule has 1 aromatic rings. The van der Waals surface area contributed by atoms with Crippen LogP contribution in [0.15, 0.2) is 18.2 Å². The summed E-state index contributed by atoms with van der Waals surface area (Å²) in [6.45, 7) is 7.67. The van der Waals surface area contributed by atoms with Crippen LogP contribution in [0.2, 0.25) is 0 Å². The van der Waals surface area contributed by atoms with Gasteiger partial charge in [-0.15, -0.1) is 0 Å². The topological polar surface area (TPSA) is 15.3 Å². The molecule has 0 amide bonds. The minimum Gasteiger partial charge on any atom is -0.314 e. The Kier molecular flexibility index (Phi) is 4.13. The predicted octanol–water partition coefficient (Wildman–Crippen LogP) is 2.22. The summed E-state index contributed by atoms with van der Waals surface area (Å²) in [5.74, 6) is 0. The number of hydrogen-bond donors (Lipinski definition) is 1. The van der Waals surface area contributed by atoms with E-state index in [0.717, 1.165) is 31.7 Å². The molecule has 17 heavy (non-hydrogen) atoms. The fourth-order valence-electron chi connectivity index (χ4n) is 2.51. The molecule has 0 radical (unpaired) electrons. The third-order valence-electron chi connectivity index (χ3n) is 3.74. The Labute approximate surface area is 103 Å². The van der Waals surface area contributed by atoms with Gasteiger partial charge in [0.15, 0.2) is 0 Å². The Morgan fingerprint density at radius 2 is 2.00 bits per heavy atom. The molecule has 3 heteroatoms. The normalized spacial score (nSPS) is 19.2. The average Bonchev–Trinajstić information content (AvgIpc) is 2.37. The number of alkyl halides is 1. The van der Waals surface area contributed by atoms with E-state index in [1.807, 2.05) is 6.07 Å².